The predicted molar refractivity (Wildman–Crippen MR) is 125 cm³/mol. The van der Waals surface area contributed by atoms with E-state index < -0.39 is 0 Å². The summed E-state index contributed by atoms with van der Waals surface area (Å²) in [4.78, 5) is 16.3. The summed E-state index contributed by atoms with van der Waals surface area (Å²) in [5, 5.41) is 12.2. The van der Waals surface area contributed by atoms with Crippen molar-refractivity contribution in [1.82, 2.24) is 4.90 Å². The molecule has 3 atom stereocenters. The van der Waals surface area contributed by atoms with Crippen LogP contribution in [0, 0.1) is 17.2 Å². The summed E-state index contributed by atoms with van der Waals surface area (Å²) in [5.41, 5.74) is 1.84. The van der Waals surface area contributed by atoms with Gasteiger partial charge in [0.1, 0.15) is 11.8 Å². The molecule has 0 aromatic heterocycles. The number of ether oxygens (including phenoxy) is 1. The molecule has 1 heterocycles. The zero-order valence-corrected chi connectivity index (χ0v) is 18.5. The average molecular weight is 434 g/mol. The highest BCUT2D eigenvalue weighted by Crippen LogP contribution is 2.42. The molecule has 0 bridgehead atoms. The monoisotopic (exact) mass is 433 g/mol. The number of carbonyl (C=O) groups is 1. The van der Waals surface area contributed by atoms with Crippen molar-refractivity contribution in [2.75, 3.05) is 11.9 Å². The van der Waals surface area contributed by atoms with E-state index in [1.807, 2.05) is 66.7 Å². The lowest BCUT2D eigenvalue weighted by Crippen LogP contribution is -2.48. The predicted octanol–water partition coefficient (Wildman–Crippen LogP) is 5.48. The van der Waals surface area contributed by atoms with Crippen LogP contribution in [-0.2, 0) is 4.79 Å². The molecule has 160 valence electrons. The zero-order chi connectivity index (χ0) is 21.6. The van der Waals surface area contributed by atoms with E-state index >= 15 is 0 Å². The Labute approximate surface area is 188 Å². The second-order valence-electron chi connectivity index (χ2n) is 8.05. The first-order valence-electron chi connectivity index (χ1n) is 10.8. The van der Waals surface area contributed by atoms with E-state index in [2.05, 4.69) is 17.1 Å². The lowest BCUT2D eigenvalue weighted by atomic mass is 9.85. The molecule has 2 aromatic carbocycles. The molecule has 1 amide bonds. The molecule has 2 aliphatic rings. The molecule has 1 saturated heterocycles. The van der Waals surface area contributed by atoms with E-state index in [0.29, 0.717) is 11.7 Å². The van der Waals surface area contributed by atoms with Crippen LogP contribution in [0.4, 0.5) is 5.69 Å². The average Bonchev–Trinajstić information content (AvgIpc) is 3.09. The van der Waals surface area contributed by atoms with E-state index in [4.69, 9.17) is 10.00 Å². The van der Waals surface area contributed by atoms with Crippen molar-refractivity contribution in [3.63, 3.8) is 0 Å². The Morgan fingerprint density at radius 3 is 2.61 bits per heavy atom. The number of para-hydroxylation sites is 1. The maximum atomic E-state index is 13.5. The van der Waals surface area contributed by atoms with E-state index in [9.17, 15) is 4.79 Å². The fourth-order valence-electron chi connectivity index (χ4n) is 4.29. The second-order valence-corrected chi connectivity index (χ2v) is 9.17. The van der Waals surface area contributed by atoms with Gasteiger partial charge in [0, 0.05) is 11.7 Å². The number of nitrogens with zero attached hydrogens (tertiary/aromatic N) is 2. The Morgan fingerprint density at radius 1 is 1.16 bits per heavy atom. The van der Waals surface area contributed by atoms with E-state index in [1.54, 1.807) is 11.8 Å². The Kier molecular flexibility index (Phi) is 6.83. The summed E-state index contributed by atoms with van der Waals surface area (Å²) >= 11 is 1.58. The normalized spacial score (nSPS) is 24.8. The van der Waals surface area contributed by atoms with E-state index in [1.165, 1.54) is 19.3 Å². The van der Waals surface area contributed by atoms with Crippen molar-refractivity contribution in [3.8, 4) is 11.8 Å². The van der Waals surface area contributed by atoms with E-state index in [-0.39, 0.29) is 24.1 Å². The molecule has 1 unspecified atom stereocenters. The van der Waals surface area contributed by atoms with Gasteiger partial charge in [-0.15, -0.1) is 0 Å². The van der Waals surface area contributed by atoms with Crippen molar-refractivity contribution in [3.05, 3.63) is 65.1 Å². The Balaban J connectivity index is 1.58. The molecule has 6 heteroatoms. The summed E-state index contributed by atoms with van der Waals surface area (Å²) in [5.74, 6) is 1.24. The minimum absolute atomic E-state index is 0.0240. The van der Waals surface area contributed by atoms with Crippen LogP contribution in [0.15, 0.2) is 59.5 Å². The molecule has 0 spiro atoms. The van der Waals surface area contributed by atoms with Gasteiger partial charge in [-0.1, -0.05) is 61.9 Å². The number of amides is 1. The summed E-state index contributed by atoms with van der Waals surface area (Å²) in [6.07, 6.45) is 6.59. The van der Waals surface area contributed by atoms with Gasteiger partial charge in [0.25, 0.3) is 5.91 Å². The Bertz CT molecular complexity index is 969. The Morgan fingerprint density at radius 2 is 1.90 bits per heavy atom. The van der Waals surface area contributed by atoms with Crippen LogP contribution in [0.1, 0.15) is 38.2 Å². The van der Waals surface area contributed by atoms with Crippen LogP contribution in [0.3, 0.4) is 0 Å². The molecule has 1 N–H and O–H groups in total. The molecule has 5 nitrogen and oxygen atoms in total. The fraction of sp³-hybridized carbons (Fsp3) is 0.360. The first-order chi connectivity index (χ1) is 15.2. The standard InChI is InChI=1S/C25H27N3O2S/c1-18-7-5-6-10-22(18)28-24(29)23(31-25(28)27-20-8-3-2-4-9-20)17-19-11-13-21(14-12-19)30-16-15-26/h2-4,8-9,11-14,17-18,22,25,27H,5-7,10,16H2,1H3/b23-17-/t18-,22+,25?/m1/s1. The van der Waals surface area contributed by atoms with Crippen LogP contribution in [0.25, 0.3) is 6.08 Å². The molecule has 2 fully saturated rings. The number of nitriles is 1. The van der Waals surface area contributed by atoms with E-state index in [0.717, 1.165) is 22.6 Å². The summed E-state index contributed by atoms with van der Waals surface area (Å²) in [6, 6.07) is 19.8. The number of benzene rings is 2. The highest BCUT2D eigenvalue weighted by molar-refractivity contribution is 8.05. The van der Waals surface area contributed by atoms with Crippen molar-refractivity contribution < 1.29 is 9.53 Å². The van der Waals surface area contributed by atoms with Crippen molar-refractivity contribution >= 4 is 29.4 Å². The molecular formula is C25H27N3O2S. The molecule has 0 radical (unpaired) electrons. The number of nitrogens with one attached hydrogen (secondary N) is 1. The third kappa shape index (κ3) is 5.05. The van der Waals surface area contributed by atoms with Crippen molar-refractivity contribution in [2.24, 2.45) is 5.92 Å². The van der Waals surface area contributed by atoms with Crippen LogP contribution >= 0.6 is 11.8 Å². The smallest absolute Gasteiger partial charge is 0.262 e. The number of anilines is 1. The third-order valence-corrected chi connectivity index (χ3v) is 7.02. The largest absolute Gasteiger partial charge is 0.479 e. The molecular weight excluding hydrogens is 406 g/mol. The van der Waals surface area contributed by atoms with Gasteiger partial charge in [0.2, 0.25) is 0 Å². The lowest BCUT2D eigenvalue weighted by molar-refractivity contribution is -0.129. The lowest BCUT2D eigenvalue weighted by Gasteiger charge is -2.39. The van der Waals surface area contributed by atoms with Gasteiger partial charge in [-0.2, -0.15) is 5.26 Å². The SMILES string of the molecule is C[C@@H]1CCCC[C@@H]1N1C(=O)/C(=C/c2ccc(OCC#N)cc2)SC1Nc1ccccc1. The van der Waals surface area contributed by atoms with Gasteiger partial charge in [0.05, 0.1) is 4.91 Å². The number of thioether (sulfide) groups is 1. The minimum atomic E-state index is -0.120. The fourth-order valence-corrected chi connectivity index (χ4v) is 5.51. The molecule has 31 heavy (non-hydrogen) atoms. The maximum Gasteiger partial charge on any atom is 0.262 e. The molecule has 4 rings (SSSR count). The molecule has 1 aliphatic heterocycles. The summed E-state index contributed by atoms with van der Waals surface area (Å²) in [7, 11) is 0. The van der Waals surface area contributed by atoms with Gasteiger partial charge in [-0.25, -0.2) is 0 Å². The molecule has 1 aliphatic carbocycles. The number of carbonyl (C=O) groups excluding carboxylic acids is 1. The van der Waals surface area contributed by atoms with Crippen molar-refractivity contribution in [2.45, 2.75) is 44.1 Å². The first-order valence-corrected chi connectivity index (χ1v) is 11.7. The van der Waals surface area contributed by atoms with Crippen LogP contribution < -0.4 is 10.1 Å². The summed E-state index contributed by atoms with van der Waals surface area (Å²) < 4.78 is 5.32. The highest BCUT2D eigenvalue weighted by atomic mass is 32.2. The quantitative estimate of drug-likeness (QED) is 0.611. The molecule has 1 saturated carbocycles. The van der Waals surface area contributed by atoms with Gasteiger partial charge >= 0.3 is 0 Å². The topological polar surface area (TPSA) is 65.4 Å². The summed E-state index contributed by atoms with van der Waals surface area (Å²) in [6.45, 7) is 2.29. The minimum Gasteiger partial charge on any atom is -0.479 e. The number of rotatable bonds is 6. The van der Waals surface area contributed by atoms with Gasteiger partial charge in [-0.05, 0) is 54.7 Å². The van der Waals surface area contributed by atoms with Crippen molar-refractivity contribution in [1.29, 1.82) is 5.26 Å². The van der Waals surface area contributed by atoms with Gasteiger partial charge < -0.3 is 15.0 Å². The second kappa shape index (κ2) is 9.93. The van der Waals surface area contributed by atoms with Gasteiger partial charge in [-0.3, -0.25) is 4.79 Å². The van der Waals surface area contributed by atoms with Crippen LogP contribution in [0.5, 0.6) is 5.75 Å². The number of hydrogen-bond donors (Lipinski definition) is 1. The third-order valence-electron chi connectivity index (χ3n) is 5.91. The Hall–Kier alpha value is -2.91. The first kappa shape index (κ1) is 21.3. The van der Waals surface area contributed by atoms with Crippen LogP contribution in [0.2, 0.25) is 0 Å². The highest BCUT2D eigenvalue weighted by Gasteiger charge is 2.42. The number of hydrogen-bond acceptors (Lipinski definition) is 5. The van der Waals surface area contributed by atoms with Gasteiger partial charge in [0.15, 0.2) is 12.1 Å². The zero-order valence-electron chi connectivity index (χ0n) is 17.7. The van der Waals surface area contributed by atoms with Crippen LogP contribution in [-0.4, -0.2) is 29.0 Å². The maximum absolute atomic E-state index is 13.5. The molecule has 2 aromatic rings.